The Morgan fingerprint density at radius 2 is 2.44 bits per heavy atom. The first-order valence-electron chi connectivity index (χ1n) is 3.01. The Bertz CT molecular complexity index is 194. The average molecular weight is 122 g/mol. The minimum absolute atomic E-state index is 0.956. The second-order valence-corrected chi connectivity index (χ2v) is 1.95. The van der Waals surface area contributed by atoms with Gasteiger partial charge in [-0.05, 0) is 31.6 Å². The molecule has 1 rings (SSSR count). The summed E-state index contributed by atoms with van der Waals surface area (Å²) >= 11 is 0. The summed E-state index contributed by atoms with van der Waals surface area (Å²) in [6.45, 7) is 4.02. The molecule has 0 amide bonds. The summed E-state index contributed by atoms with van der Waals surface area (Å²) in [7, 11) is 0. The first kappa shape index (κ1) is 6.14. The normalized spacial score (nSPS) is 12.0. The van der Waals surface area contributed by atoms with E-state index in [1.54, 1.807) is 6.26 Å². The third-order valence-corrected chi connectivity index (χ3v) is 1.34. The van der Waals surface area contributed by atoms with Crippen LogP contribution >= 0.6 is 0 Å². The molecular formula is C8H10O. The molecule has 0 N–H and O–H groups in total. The van der Waals surface area contributed by atoms with Gasteiger partial charge in [-0.3, -0.25) is 0 Å². The maximum absolute atomic E-state index is 5.12. The monoisotopic (exact) mass is 122 g/mol. The Morgan fingerprint density at radius 1 is 1.67 bits per heavy atom. The fourth-order valence-corrected chi connectivity index (χ4v) is 0.645. The Kier molecular flexibility index (Phi) is 1.73. The number of hydrogen-bond acceptors (Lipinski definition) is 1. The molecule has 0 aliphatic rings. The summed E-state index contributed by atoms with van der Waals surface area (Å²) in [6.07, 6.45) is 3.71. The van der Waals surface area contributed by atoms with Crippen molar-refractivity contribution in [2.45, 2.75) is 13.8 Å². The van der Waals surface area contributed by atoms with Gasteiger partial charge in [0.15, 0.2) is 0 Å². The van der Waals surface area contributed by atoms with E-state index in [9.17, 15) is 0 Å². The molecule has 0 aliphatic heterocycles. The van der Waals surface area contributed by atoms with Crippen LogP contribution in [0.15, 0.2) is 28.9 Å². The third-order valence-electron chi connectivity index (χ3n) is 1.34. The molecule has 9 heavy (non-hydrogen) atoms. The van der Waals surface area contributed by atoms with Crippen molar-refractivity contribution >= 4 is 5.57 Å². The van der Waals surface area contributed by atoms with Crippen LogP contribution in [0.5, 0.6) is 0 Å². The summed E-state index contributed by atoms with van der Waals surface area (Å²) in [5.74, 6) is 0.956. The van der Waals surface area contributed by atoms with Gasteiger partial charge in [-0.1, -0.05) is 6.08 Å². The summed E-state index contributed by atoms with van der Waals surface area (Å²) in [5.41, 5.74) is 1.18. The molecule has 1 heterocycles. The zero-order valence-corrected chi connectivity index (χ0v) is 5.72. The van der Waals surface area contributed by atoms with E-state index in [4.69, 9.17) is 4.42 Å². The van der Waals surface area contributed by atoms with E-state index < -0.39 is 0 Å². The van der Waals surface area contributed by atoms with E-state index in [1.807, 2.05) is 32.1 Å². The van der Waals surface area contributed by atoms with Gasteiger partial charge in [0.1, 0.15) is 5.76 Å². The fourth-order valence-electron chi connectivity index (χ4n) is 0.645. The topological polar surface area (TPSA) is 13.1 Å². The van der Waals surface area contributed by atoms with Crippen LogP contribution in [-0.2, 0) is 0 Å². The molecule has 0 saturated carbocycles. The van der Waals surface area contributed by atoms with E-state index in [-0.39, 0.29) is 0 Å². The zero-order chi connectivity index (χ0) is 6.69. The van der Waals surface area contributed by atoms with Gasteiger partial charge in [-0.25, -0.2) is 0 Å². The highest BCUT2D eigenvalue weighted by Crippen LogP contribution is 2.12. The molecule has 0 unspecified atom stereocenters. The van der Waals surface area contributed by atoms with Crippen molar-refractivity contribution in [3.05, 3.63) is 30.2 Å². The van der Waals surface area contributed by atoms with Crippen LogP contribution in [0, 0.1) is 0 Å². The molecule has 0 fully saturated rings. The molecule has 48 valence electrons. The Hall–Kier alpha value is -0.980. The molecular weight excluding hydrogens is 112 g/mol. The predicted molar refractivity (Wildman–Crippen MR) is 38.0 cm³/mol. The highest BCUT2D eigenvalue weighted by Gasteiger charge is 1.93. The molecule has 0 atom stereocenters. The van der Waals surface area contributed by atoms with E-state index in [0.717, 1.165) is 5.76 Å². The lowest BCUT2D eigenvalue weighted by molar-refractivity contribution is 0.552. The van der Waals surface area contributed by atoms with E-state index in [0.29, 0.717) is 0 Å². The smallest absolute Gasteiger partial charge is 0.129 e. The van der Waals surface area contributed by atoms with Crippen molar-refractivity contribution in [1.29, 1.82) is 0 Å². The van der Waals surface area contributed by atoms with Gasteiger partial charge < -0.3 is 4.42 Å². The second-order valence-electron chi connectivity index (χ2n) is 1.95. The van der Waals surface area contributed by atoms with Crippen LogP contribution in [0.25, 0.3) is 5.57 Å². The van der Waals surface area contributed by atoms with Crippen LogP contribution in [0.3, 0.4) is 0 Å². The lowest BCUT2D eigenvalue weighted by Gasteiger charge is -1.89. The lowest BCUT2D eigenvalue weighted by Crippen LogP contribution is -1.68. The maximum atomic E-state index is 5.12. The zero-order valence-electron chi connectivity index (χ0n) is 5.72. The summed E-state index contributed by atoms with van der Waals surface area (Å²) in [5, 5.41) is 0. The average Bonchev–Trinajstić information content (AvgIpc) is 2.37. The first-order chi connectivity index (χ1) is 4.34. The summed E-state index contributed by atoms with van der Waals surface area (Å²) in [6, 6.07) is 3.84. The van der Waals surface area contributed by atoms with Gasteiger partial charge in [-0.2, -0.15) is 0 Å². The van der Waals surface area contributed by atoms with Crippen molar-refractivity contribution in [3.63, 3.8) is 0 Å². The Balaban J connectivity index is 2.90. The largest absolute Gasteiger partial charge is 0.465 e. The summed E-state index contributed by atoms with van der Waals surface area (Å²) in [4.78, 5) is 0. The Labute approximate surface area is 55.0 Å². The van der Waals surface area contributed by atoms with E-state index in [2.05, 4.69) is 0 Å². The predicted octanol–water partition coefficient (Wildman–Crippen LogP) is 2.70. The van der Waals surface area contributed by atoms with Crippen LogP contribution in [-0.4, -0.2) is 0 Å². The molecule has 0 radical (unpaired) electrons. The number of allylic oxidation sites excluding steroid dienone is 2. The number of rotatable bonds is 1. The minimum Gasteiger partial charge on any atom is -0.465 e. The molecule has 0 aromatic carbocycles. The molecule has 0 aliphatic carbocycles. The standard InChI is InChI=1S/C8H10O/c1-3-7(2)8-5-4-6-9-8/h3-6H,1-2H3/b7-3-. The maximum Gasteiger partial charge on any atom is 0.129 e. The highest BCUT2D eigenvalue weighted by molar-refractivity contribution is 5.58. The van der Waals surface area contributed by atoms with Crippen LogP contribution in [0.1, 0.15) is 19.6 Å². The van der Waals surface area contributed by atoms with Gasteiger partial charge in [0.2, 0.25) is 0 Å². The van der Waals surface area contributed by atoms with Crippen LogP contribution in [0.2, 0.25) is 0 Å². The lowest BCUT2D eigenvalue weighted by atomic mass is 10.2. The minimum atomic E-state index is 0.956. The fraction of sp³-hybridized carbons (Fsp3) is 0.250. The molecule has 0 bridgehead atoms. The molecule has 1 heteroatoms. The van der Waals surface area contributed by atoms with E-state index in [1.165, 1.54) is 5.57 Å². The number of hydrogen-bond donors (Lipinski definition) is 0. The molecule has 1 nitrogen and oxygen atoms in total. The molecule has 1 aromatic rings. The first-order valence-corrected chi connectivity index (χ1v) is 3.01. The van der Waals surface area contributed by atoms with Crippen molar-refractivity contribution in [1.82, 2.24) is 0 Å². The van der Waals surface area contributed by atoms with Gasteiger partial charge in [0, 0.05) is 0 Å². The summed E-state index contributed by atoms with van der Waals surface area (Å²) < 4.78 is 5.12. The van der Waals surface area contributed by atoms with E-state index >= 15 is 0 Å². The van der Waals surface area contributed by atoms with Gasteiger partial charge >= 0.3 is 0 Å². The molecule has 1 aromatic heterocycles. The Morgan fingerprint density at radius 3 is 2.89 bits per heavy atom. The highest BCUT2D eigenvalue weighted by atomic mass is 16.3. The number of furan rings is 1. The van der Waals surface area contributed by atoms with Gasteiger partial charge in [0.05, 0.1) is 6.26 Å². The quantitative estimate of drug-likeness (QED) is 0.558. The third kappa shape index (κ3) is 1.22. The SMILES string of the molecule is C/C=C(/C)c1ccco1. The van der Waals surface area contributed by atoms with Crippen LogP contribution < -0.4 is 0 Å². The molecule has 0 saturated heterocycles. The van der Waals surface area contributed by atoms with Gasteiger partial charge in [0.25, 0.3) is 0 Å². The van der Waals surface area contributed by atoms with Crippen molar-refractivity contribution in [3.8, 4) is 0 Å². The van der Waals surface area contributed by atoms with Crippen molar-refractivity contribution in [2.24, 2.45) is 0 Å². The van der Waals surface area contributed by atoms with Crippen molar-refractivity contribution in [2.75, 3.05) is 0 Å². The second kappa shape index (κ2) is 2.53. The van der Waals surface area contributed by atoms with Crippen molar-refractivity contribution < 1.29 is 4.42 Å². The van der Waals surface area contributed by atoms with Crippen LogP contribution in [0.4, 0.5) is 0 Å². The molecule has 0 spiro atoms. The van der Waals surface area contributed by atoms with Gasteiger partial charge in [-0.15, -0.1) is 0 Å².